The van der Waals surface area contributed by atoms with Gasteiger partial charge in [0.15, 0.2) is 0 Å². The predicted molar refractivity (Wildman–Crippen MR) is 159 cm³/mol. The van der Waals surface area contributed by atoms with Crippen molar-refractivity contribution in [2.75, 3.05) is 36.9 Å². The van der Waals surface area contributed by atoms with Crippen molar-refractivity contribution in [2.45, 2.75) is 6.10 Å². The summed E-state index contributed by atoms with van der Waals surface area (Å²) in [5.74, 6) is -0.0887. The van der Waals surface area contributed by atoms with Gasteiger partial charge in [-0.3, -0.25) is 9.59 Å². The van der Waals surface area contributed by atoms with Crippen LogP contribution in [0.3, 0.4) is 0 Å². The first-order valence-electron chi connectivity index (χ1n) is 13.3. The van der Waals surface area contributed by atoms with Gasteiger partial charge in [0.05, 0.1) is 29.8 Å². The molecule has 210 valence electrons. The number of hydrogen-bond acceptors (Lipinski definition) is 7. The van der Waals surface area contributed by atoms with Crippen molar-refractivity contribution in [3.05, 3.63) is 125 Å². The van der Waals surface area contributed by atoms with E-state index in [0.29, 0.717) is 46.8 Å². The second-order valence-corrected chi connectivity index (χ2v) is 9.37. The normalized spacial score (nSPS) is 10.9. The molecule has 0 saturated heterocycles. The Hall–Kier alpha value is -5.64. The van der Waals surface area contributed by atoms with Crippen molar-refractivity contribution in [3.63, 3.8) is 0 Å². The van der Waals surface area contributed by atoms with E-state index < -0.39 is 6.10 Å². The zero-order chi connectivity index (χ0) is 29.7. The zero-order valence-corrected chi connectivity index (χ0v) is 22.7. The fraction of sp³-hybridized carbons (Fsp3) is 0.152. The molecule has 9 heteroatoms. The Bertz CT molecular complexity index is 1560. The fourth-order valence-electron chi connectivity index (χ4n) is 4.07. The van der Waals surface area contributed by atoms with Crippen molar-refractivity contribution < 1.29 is 19.4 Å². The molecule has 0 radical (unpaired) electrons. The van der Waals surface area contributed by atoms with Crippen LogP contribution in [0.4, 0.5) is 11.4 Å². The van der Waals surface area contributed by atoms with Gasteiger partial charge in [0.25, 0.3) is 11.8 Å². The van der Waals surface area contributed by atoms with Crippen molar-refractivity contribution in [3.8, 4) is 17.9 Å². The molecule has 42 heavy (non-hydrogen) atoms. The van der Waals surface area contributed by atoms with Crippen LogP contribution in [0, 0.1) is 22.7 Å². The van der Waals surface area contributed by atoms with Gasteiger partial charge in [-0.2, -0.15) is 10.5 Å². The van der Waals surface area contributed by atoms with E-state index in [0.717, 1.165) is 5.69 Å². The molecule has 4 rings (SSSR count). The minimum absolute atomic E-state index is 0.0358. The molecule has 4 aromatic carbocycles. The van der Waals surface area contributed by atoms with Gasteiger partial charge in [0.2, 0.25) is 0 Å². The van der Waals surface area contributed by atoms with Gasteiger partial charge in [-0.25, -0.2) is 0 Å². The largest absolute Gasteiger partial charge is 0.491 e. The number of carbonyl (C=O) groups is 2. The zero-order valence-electron chi connectivity index (χ0n) is 22.7. The van der Waals surface area contributed by atoms with Gasteiger partial charge < -0.3 is 25.4 Å². The molecule has 9 nitrogen and oxygen atoms in total. The van der Waals surface area contributed by atoms with Gasteiger partial charge in [0.1, 0.15) is 18.5 Å². The number of ether oxygens (including phenoxy) is 1. The predicted octanol–water partition coefficient (Wildman–Crippen LogP) is 4.68. The van der Waals surface area contributed by atoms with E-state index in [1.807, 2.05) is 42.5 Å². The van der Waals surface area contributed by atoms with E-state index in [4.69, 9.17) is 15.3 Å². The number of nitrogens with zero attached hydrogens (tertiary/aromatic N) is 3. The lowest BCUT2D eigenvalue weighted by molar-refractivity contribution is 0.0511. The third-order valence-corrected chi connectivity index (χ3v) is 6.29. The van der Waals surface area contributed by atoms with E-state index in [2.05, 4.69) is 10.6 Å². The molecule has 0 saturated carbocycles. The maximum Gasteiger partial charge on any atom is 0.255 e. The number of nitrogens with one attached hydrogen (secondary N) is 2. The van der Waals surface area contributed by atoms with Gasteiger partial charge in [-0.05, 0) is 84.9 Å². The van der Waals surface area contributed by atoms with E-state index >= 15 is 0 Å². The molecule has 0 aliphatic rings. The van der Waals surface area contributed by atoms with E-state index in [-0.39, 0.29) is 25.0 Å². The molecule has 2 amide bonds. The maximum absolute atomic E-state index is 13.3. The molecule has 1 atom stereocenters. The third kappa shape index (κ3) is 8.43. The molecule has 0 bridgehead atoms. The molecule has 0 heterocycles. The van der Waals surface area contributed by atoms with Crippen LogP contribution in [0.15, 0.2) is 103 Å². The SMILES string of the molecule is N#Cc1ccc(C(=O)Nc2ccc(OCC(O)CN(CCNc3ccccc3)C(=O)c3ccc(C#N)cc3)cc2)cc1. The first kappa shape index (κ1) is 29.3. The quantitative estimate of drug-likeness (QED) is 0.229. The van der Waals surface area contributed by atoms with Crippen LogP contribution in [-0.4, -0.2) is 54.2 Å². The molecule has 4 aromatic rings. The molecule has 1 unspecified atom stereocenters. The summed E-state index contributed by atoms with van der Waals surface area (Å²) in [6, 6.07) is 33.1. The Balaban J connectivity index is 1.32. The Morgan fingerprint density at radius 1 is 0.786 bits per heavy atom. The number of benzene rings is 4. The summed E-state index contributed by atoms with van der Waals surface area (Å²) >= 11 is 0. The number of aliphatic hydroxyl groups is 1. The van der Waals surface area contributed by atoms with E-state index in [1.54, 1.807) is 77.7 Å². The summed E-state index contributed by atoms with van der Waals surface area (Å²) in [6.07, 6.45) is -0.972. The van der Waals surface area contributed by atoms with Gasteiger partial charge in [-0.15, -0.1) is 0 Å². The molecule has 3 N–H and O–H groups in total. The highest BCUT2D eigenvalue weighted by molar-refractivity contribution is 6.04. The Morgan fingerprint density at radius 2 is 1.38 bits per heavy atom. The Kier molecular flexibility index (Phi) is 10.2. The number of amides is 2. The average molecular weight is 560 g/mol. The van der Waals surface area contributed by atoms with Crippen LogP contribution in [0.1, 0.15) is 31.8 Å². The Morgan fingerprint density at radius 3 is 1.98 bits per heavy atom. The van der Waals surface area contributed by atoms with Crippen molar-refractivity contribution >= 4 is 23.2 Å². The molecule has 0 aliphatic heterocycles. The van der Waals surface area contributed by atoms with Gasteiger partial charge >= 0.3 is 0 Å². The highest BCUT2D eigenvalue weighted by Crippen LogP contribution is 2.17. The van der Waals surface area contributed by atoms with Crippen molar-refractivity contribution in [1.82, 2.24) is 4.90 Å². The topological polar surface area (TPSA) is 138 Å². The highest BCUT2D eigenvalue weighted by atomic mass is 16.5. The second-order valence-electron chi connectivity index (χ2n) is 9.37. The summed E-state index contributed by atoms with van der Waals surface area (Å²) < 4.78 is 5.75. The lowest BCUT2D eigenvalue weighted by Gasteiger charge is -2.26. The lowest BCUT2D eigenvalue weighted by Crippen LogP contribution is -2.42. The van der Waals surface area contributed by atoms with Crippen LogP contribution in [0.5, 0.6) is 5.75 Å². The Labute approximate surface area is 244 Å². The third-order valence-electron chi connectivity index (χ3n) is 6.29. The summed E-state index contributed by atoms with van der Waals surface area (Å²) in [7, 11) is 0. The first-order valence-corrected chi connectivity index (χ1v) is 13.3. The number of hydrogen-bond donors (Lipinski definition) is 3. The van der Waals surface area contributed by atoms with Crippen molar-refractivity contribution in [1.29, 1.82) is 10.5 Å². The smallest absolute Gasteiger partial charge is 0.255 e. The maximum atomic E-state index is 13.3. The molecular formula is C33H29N5O4. The number of rotatable bonds is 12. The summed E-state index contributed by atoms with van der Waals surface area (Å²) in [6.45, 7) is 0.780. The van der Waals surface area contributed by atoms with Crippen LogP contribution in [0.2, 0.25) is 0 Å². The first-order chi connectivity index (χ1) is 20.4. The fourth-order valence-corrected chi connectivity index (χ4v) is 4.07. The van der Waals surface area contributed by atoms with Crippen LogP contribution >= 0.6 is 0 Å². The molecule has 0 aliphatic carbocycles. The summed E-state index contributed by atoms with van der Waals surface area (Å²) in [5, 5.41) is 34.8. The molecule has 0 fully saturated rings. The number of para-hydroxylation sites is 1. The van der Waals surface area contributed by atoms with E-state index in [1.165, 1.54) is 0 Å². The minimum Gasteiger partial charge on any atom is -0.491 e. The van der Waals surface area contributed by atoms with Gasteiger partial charge in [-0.1, -0.05) is 18.2 Å². The van der Waals surface area contributed by atoms with Crippen molar-refractivity contribution in [2.24, 2.45) is 0 Å². The van der Waals surface area contributed by atoms with E-state index in [9.17, 15) is 14.7 Å². The minimum atomic E-state index is -0.972. The second kappa shape index (κ2) is 14.7. The standard InChI is InChI=1S/C33H29N5O4/c34-20-24-6-10-26(11-7-24)32(40)37-29-14-16-31(17-15-29)42-23-30(39)22-38(19-18-36-28-4-2-1-3-5-28)33(41)27-12-8-25(21-35)9-13-27/h1-17,30,36,39H,18-19,22-23H2,(H,37,40). The summed E-state index contributed by atoms with van der Waals surface area (Å²) in [4.78, 5) is 27.3. The monoisotopic (exact) mass is 559 g/mol. The number of nitriles is 2. The van der Waals surface area contributed by atoms with Crippen LogP contribution in [0.25, 0.3) is 0 Å². The summed E-state index contributed by atoms with van der Waals surface area (Å²) in [5.41, 5.74) is 3.25. The van der Waals surface area contributed by atoms with Crippen LogP contribution < -0.4 is 15.4 Å². The van der Waals surface area contributed by atoms with Gasteiger partial charge in [0, 0.05) is 35.6 Å². The highest BCUT2D eigenvalue weighted by Gasteiger charge is 2.20. The number of aliphatic hydroxyl groups excluding tert-OH is 1. The number of carbonyl (C=O) groups excluding carboxylic acids is 2. The molecule has 0 aromatic heterocycles. The average Bonchev–Trinajstić information content (AvgIpc) is 3.04. The van der Waals surface area contributed by atoms with Crippen LogP contribution in [-0.2, 0) is 0 Å². The lowest BCUT2D eigenvalue weighted by atomic mass is 10.1. The molecule has 0 spiro atoms. The number of anilines is 2. The molecular weight excluding hydrogens is 530 g/mol.